The van der Waals surface area contributed by atoms with Crippen molar-refractivity contribution in [2.45, 2.75) is 20.8 Å². The molecule has 0 aliphatic carbocycles. The van der Waals surface area contributed by atoms with E-state index in [1.54, 1.807) is 27.7 Å². The largest absolute Gasteiger partial charge is 0.454 e. The van der Waals surface area contributed by atoms with Crippen LogP contribution in [-0.2, 0) is 4.79 Å². The van der Waals surface area contributed by atoms with Crippen molar-refractivity contribution in [1.29, 1.82) is 0 Å². The summed E-state index contributed by atoms with van der Waals surface area (Å²) in [5.41, 5.74) is 5.41. The Morgan fingerprint density at radius 1 is 1.03 bits per heavy atom. The Morgan fingerprint density at radius 2 is 1.89 bits per heavy atom. The Labute approximate surface area is 212 Å². The number of aromatic nitrogens is 6. The van der Waals surface area contributed by atoms with Crippen molar-refractivity contribution in [3.8, 4) is 23.0 Å². The van der Waals surface area contributed by atoms with Gasteiger partial charge in [-0.1, -0.05) is 18.2 Å². The topological polar surface area (TPSA) is 109 Å². The van der Waals surface area contributed by atoms with Gasteiger partial charge >= 0.3 is 0 Å². The molecule has 0 saturated carbocycles. The molecule has 37 heavy (non-hydrogen) atoms. The summed E-state index contributed by atoms with van der Waals surface area (Å²) in [5.74, 6) is 2.04. The van der Waals surface area contributed by atoms with Crippen LogP contribution in [0, 0.1) is 20.8 Å². The molecule has 10 nitrogen and oxygen atoms in total. The van der Waals surface area contributed by atoms with E-state index in [9.17, 15) is 4.79 Å². The highest BCUT2D eigenvalue weighted by atomic mass is 16.7. The number of benzene rings is 2. The number of fused-ring (bicyclic) bond motifs is 2. The summed E-state index contributed by atoms with van der Waals surface area (Å²) >= 11 is 0. The number of ether oxygens (including phenoxy) is 2. The van der Waals surface area contributed by atoms with Gasteiger partial charge in [-0.05, 0) is 61.7 Å². The normalized spacial score (nSPS) is 12.5. The van der Waals surface area contributed by atoms with Crippen LogP contribution in [0.4, 0.5) is 5.82 Å². The second kappa shape index (κ2) is 8.90. The van der Waals surface area contributed by atoms with Crippen LogP contribution >= 0.6 is 0 Å². The van der Waals surface area contributed by atoms with Crippen LogP contribution in [0.25, 0.3) is 28.6 Å². The average molecular weight is 494 g/mol. The van der Waals surface area contributed by atoms with Gasteiger partial charge in [-0.3, -0.25) is 4.79 Å². The maximum atomic E-state index is 12.8. The van der Waals surface area contributed by atoms with Gasteiger partial charge in [0.15, 0.2) is 23.0 Å². The molecule has 184 valence electrons. The van der Waals surface area contributed by atoms with E-state index in [0.717, 1.165) is 28.1 Å². The lowest BCUT2D eigenvalue weighted by atomic mass is 10.1. The minimum Gasteiger partial charge on any atom is -0.454 e. The van der Waals surface area contributed by atoms with E-state index in [0.29, 0.717) is 34.2 Å². The Balaban J connectivity index is 1.31. The molecule has 0 bridgehead atoms. The number of nitrogens with one attached hydrogen (secondary N) is 1. The number of rotatable bonds is 5. The molecule has 0 saturated heterocycles. The first-order valence-electron chi connectivity index (χ1n) is 11.7. The van der Waals surface area contributed by atoms with Gasteiger partial charge in [0.1, 0.15) is 12.1 Å². The maximum Gasteiger partial charge on any atom is 0.249 e. The number of aryl methyl sites for hydroxylation is 2. The highest BCUT2D eigenvalue weighted by Gasteiger charge is 2.18. The number of amides is 1. The van der Waals surface area contributed by atoms with Crippen molar-refractivity contribution < 1.29 is 14.3 Å². The van der Waals surface area contributed by atoms with Crippen LogP contribution in [0.1, 0.15) is 22.4 Å². The second-order valence-electron chi connectivity index (χ2n) is 8.73. The van der Waals surface area contributed by atoms with Gasteiger partial charge in [0.05, 0.1) is 23.0 Å². The van der Waals surface area contributed by atoms with E-state index < -0.39 is 0 Å². The Bertz CT molecular complexity index is 1700. The summed E-state index contributed by atoms with van der Waals surface area (Å²) in [6, 6.07) is 13.4. The summed E-state index contributed by atoms with van der Waals surface area (Å²) < 4.78 is 14.1. The smallest absolute Gasteiger partial charge is 0.249 e. The molecule has 0 unspecified atom stereocenters. The predicted octanol–water partition coefficient (Wildman–Crippen LogP) is 4.31. The first kappa shape index (κ1) is 22.5. The standard InChI is InChI=1S/C27H23N7O3/c1-16-5-4-6-21(18(16)3)33-26-20(13-30-33)27(29-14-28-26)34-24(11-17(2)32-34)31-25(35)10-8-19-7-9-22-23(12-19)37-15-36-22/h4-14H,15H2,1-3H3,(H,31,35)/b10-8+. The minimum absolute atomic E-state index is 0.201. The summed E-state index contributed by atoms with van der Waals surface area (Å²) in [5, 5.41) is 12.8. The number of anilines is 1. The lowest BCUT2D eigenvalue weighted by Crippen LogP contribution is -2.13. The van der Waals surface area contributed by atoms with Gasteiger partial charge in [-0.25, -0.2) is 14.6 Å². The van der Waals surface area contributed by atoms with Crippen molar-refractivity contribution in [3.63, 3.8) is 0 Å². The van der Waals surface area contributed by atoms with Crippen molar-refractivity contribution in [2.75, 3.05) is 12.1 Å². The molecule has 2 aromatic carbocycles. The van der Waals surface area contributed by atoms with Gasteiger partial charge in [-0.15, -0.1) is 0 Å². The van der Waals surface area contributed by atoms with Crippen LogP contribution in [0.3, 0.4) is 0 Å². The lowest BCUT2D eigenvalue weighted by Gasteiger charge is -2.10. The third-order valence-electron chi connectivity index (χ3n) is 6.26. The number of nitrogens with zero attached hydrogens (tertiary/aromatic N) is 6. The molecule has 1 N–H and O–H groups in total. The van der Waals surface area contributed by atoms with Crippen LogP contribution < -0.4 is 14.8 Å². The Hall–Kier alpha value is -4.99. The highest BCUT2D eigenvalue weighted by Crippen LogP contribution is 2.33. The highest BCUT2D eigenvalue weighted by molar-refractivity contribution is 6.01. The average Bonchev–Trinajstić information content (AvgIpc) is 3.62. The predicted molar refractivity (Wildman–Crippen MR) is 138 cm³/mol. The molecule has 1 amide bonds. The van der Waals surface area contributed by atoms with E-state index in [1.807, 2.05) is 37.3 Å². The van der Waals surface area contributed by atoms with Gasteiger partial charge in [0.2, 0.25) is 12.7 Å². The molecule has 0 spiro atoms. The second-order valence-corrected chi connectivity index (χ2v) is 8.73. The minimum atomic E-state index is -0.310. The van der Waals surface area contributed by atoms with E-state index in [2.05, 4.69) is 45.4 Å². The number of hydrogen-bond acceptors (Lipinski definition) is 7. The summed E-state index contributed by atoms with van der Waals surface area (Å²) in [7, 11) is 0. The molecular formula is C27H23N7O3. The van der Waals surface area contributed by atoms with Gasteiger partial charge < -0.3 is 14.8 Å². The third kappa shape index (κ3) is 4.08. The molecular weight excluding hydrogens is 470 g/mol. The van der Waals surface area contributed by atoms with Crippen LogP contribution in [0.5, 0.6) is 11.5 Å². The zero-order valence-electron chi connectivity index (χ0n) is 20.5. The molecule has 1 aliphatic rings. The number of carbonyl (C=O) groups excluding carboxylic acids is 1. The van der Waals surface area contributed by atoms with Gasteiger partial charge in [-0.2, -0.15) is 14.9 Å². The molecule has 1 aliphatic heterocycles. The molecule has 0 radical (unpaired) electrons. The fourth-order valence-corrected chi connectivity index (χ4v) is 4.25. The molecule has 5 aromatic rings. The van der Waals surface area contributed by atoms with Crippen LogP contribution in [0.2, 0.25) is 0 Å². The zero-order valence-corrected chi connectivity index (χ0v) is 20.5. The Kier molecular flexibility index (Phi) is 5.41. The number of carbonyl (C=O) groups is 1. The van der Waals surface area contributed by atoms with Crippen molar-refractivity contribution in [3.05, 3.63) is 83.4 Å². The molecule has 0 atom stereocenters. The molecule has 3 aromatic heterocycles. The molecule has 0 fully saturated rings. The summed E-state index contributed by atoms with van der Waals surface area (Å²) in [4.78, 5) is 21.8. The quantitative estimate of drug-likeness (QED) is 0.364. The number of hydrogen-bond donors (Lipinski definition) is 1. The first-order chi connectivity index (χ1) is 18.0. The molecule has 4 heterocycles. The van der Waals surface area contributed by atoms with Crippen molar-refractivity contribution in [2.24, 2.45) is 0 Å². The van der Waals surface area contributed by atoms with Crippen molar-refractivity contribution >= 4 is 28.8 Å². The fraction of sp³-hybridized carbons (Fsp3) is 0.148. The lowest BCUT2D eigenvalue weighted by molar-refractivity contribution is -0.111. The van der Waals surface area contributed by atoms with E-state index in [1.165, 1.54) is 12.4 Å². The van der Waals surface area contributed by atoms with Crippen LogP contribution in [0.15, 0.2) is 61.1 Å². The molecule has 10 heteroatoms. The SMILES string of the molecule is Cc1cc(NC(=O)/C=C/c2ccc3c(c2)OCO3)n(-c2ncnc3c2cnn3-c2cccc(C)c2C)n1. The van der Waals surface area contributed by atoms with E-state index >= 15 is 0 Å². The summed E-state index contributed by atoms with van der Waals surface area (Å²) in [6.07, 6.45) is 6.36. The summed E-state index contributed by atoms with van der Waals surface area (Å²) in [6.45, 7) is 6.17. The fourth-order valence-electron chi connectivity index (χ4n) is 4.25. The van der Waals surface area contributed by atoms with E-state index in [4.69, 9.17) is 9.47 Å². The van der Waals surface area contributed by atoms with Gasteiger partial charge in [0, 0.05) is 12.1 Å². The van der Waals surface area contributed by atoms with E-state index in [-0.39, 0.29) is 12.7 Å². The monoisotopic (exact) mass is 493 g/mol. The Morgan fingerprint density at radius 3 is 2.78 bits per heavy atom. The maximum absolute atomic E-state index is 12.8. The first-order valence-corrected chi connectivity index (χ1v) is 11.7. The van der Waals surface area contributed by atoms with Gasteiger partial charge in [0.25, 0.3) is 0 Å². The third-order valence-corrected chi connectivity index (χ3v) is 6.26. The zero-order chi connectivity index (χ0) is 25.5. The van der Waals surface area contributed by atoms with Crippen LogP contribution in [-0.4, -0.2) is 42.2 Å². The van der Waals surface area contributed by atoms with Crippen molar-refractivity contribution in [1.82, 2.24) is 29.5 Å². The molecule has 6 rings (SSSR count).